The normalized spacial score (nSPS) is 24.4. The van der Waals surface area contributed by atoms with Crippen LogP contribution in [0.5, 0.6) is 5.75 Å². The van der Waals surface area contributed by atoms with Gasteiger partial charge < -0.3 is 24.4 Å². The molecule has 0 unspecified atom stereocenters. The second-order valence-electron chi connectivity index (χ2n) is 5.22. The SMILES string of the molecule is C[C@H]1CCN2C(=O)c3c(O)c(=O)c(C(=O)O)cn3C[C@H]2O1. The molecule has 3 heterocycles. The summed E-state index contributed by atoms with van der Waals surface area (Å²) in [5, 5.41) is 18.9. The summed E-state index contributed by atoms with van der Waals surface area (Å²) in [5.41, 5.74) is -1.80. The van der Waals surface area contributed by atoms with E-state index in [4.69, 9.17) is 9.84 Å². The Morgan fingerprint density at radius 1 is 1.43 bits per heavy atom. The first-order valence-corrected chi connectivity index (χ1v) is 6.56. The second-order valence-corrected chi connectivity index (χ2v) is 5.22. The number of carboxylic acids is 1. The summed E-state index contributed by atoms with van der Waals surface area (Å²) in [6.45, 7) is 2.54. The molecule has 2 aliphatic rings. The second kappa shape index (κ2) is 4.59. The predicted octanol–water partition coefficient (Wildman–Crippen LogP) is -0.157. The number of amides is 1. The summed E-state index contributed by atoms with van der Waals surface area (Å²) in [6.07, 6.45) is 1.22. The number of fused-ring (bicyclic) bond motifs is 2. The first kappa shape index (κ1) is 13.6. The van der Waals surface area contributed by atoms with Gasteiger partial charge in [-0.15, -0.1) is 0 Å². The summed E-state index contributed by atoms with van der Waals surface area (Å²) < 4.78 is 6.94. The fourth-order valence-electron chi connectivity index (χ4n) is 2.72. The molecule has 2 aliphatic heterocycles. The molecule has 112 valence electrons. The van der Waals surface area contributed by atoms with E-state index < -0.39 is 34.8 Å². The Labute approximate surface area is 119 Å². The molecule has 8 heteroatoms. The first-order chi connectivity index (χ1) is 9.90. The van der Waals surface area contributed by atoms with Crippen LogP contribution in [-0.4, -0.2) is 50.4 Å². The maximum absolute atomic E-state index is 12.4. The number of nitrogens with zero attached hydrogens (tertiary/aromatic N) is 2. The van der Waals surface area contributed by atoms with Crippen LogP contribution in [0.3, 0.4) is 0 Å². The molecular formula is C13H14N2O6. The highest BCUT2D eigenvalue weighted by molar-refractivity contribution is 5.97. The number of ether oxygens (including phenoxy) is 1. The number of carboxylic acid groups (broad SMARTS) is 1. The summed E-state index contributed by atoms with van der Waals surface area (Å²) >= 11 is 0. The van der Waals surface area contributed by atoms with Crippen molar-refractivity contribution >= 4 is 11.9 Å². The average Bonchev–Trinajstić information content (AvgIpc) is 2.42. The van der Waals surface area contributed by atoms with E-state index in [2.05, 4.69) is 0 Å². The lowest BCUT2D eigenvalue weighted by Gasteiger charge is -2.42. The zero-order valence-corrected chi connectivity index (χ0v) is 11.3. The minimum Gasteiger partial charge on any atom is -0.503 e. The zero-order chi connectivity index (χ0) is 15.3. The van der Waals surface area contributed by atoms with Gasteiger partial charge in [0.15, 0.2) is 17.7 Å². The molecule has 8 nitrogen and oxygen atoms in total. The van der Waals surface area contributed by atoms with Crippen LogP contribution >= 0.6 is 0 Å². The monoisotopic (exact) mass is 294 g/mol. The Morgan fingerprint density at radius 2 is 2.14 bits per heavy atom. The summed E-state index contributed by atoms with van der Waals surface area (Å²) in [7, 11) is 0. The van der Waals surface area contributed by atoms with Crippen molar-refractivity contribution in [2.75, 3.05) is 6.54 Å². The van der Waals surface area contributed by atoms with Crippen molar-refractivity contribution in [3.8, 4) is 5.75 Å². The lowest BCUT2D eigenvalue weighted by molar-refractivity contribution is -0.128. The maximum atomic E-state index is 12.4. The summed E-state index contributed by atoms with van der Waals surface area (Å²) in [4.78, 5) is 36.7. The van der Waals surface area contributed by atoms with Crippen LogP contribution in [0.25, 0.3) is 0 Å². The molecule has 2 atom stereocenters. The van der Waals surface area contributed by atoms with Gasteiger partial charge in [-0.2, -0.15) is 0 Å². The van der Waals surface area contributed by atoms with Gasteiger partial charge in [-0.1, -0.05) is 0 Å². The topological polar surface area (TPSA) is 109 Å². The van der Waals surface area contributed by atoms with Crippen LogP contribution < -0.4 is 5.43 Å². The van der Waals surface area contributed by atoms with Crippen molar-refractivity contribution in [2.45, 2.75) is 32.2 Å². The van der Waals surface area contributed by atoms with Crippen molar-refractivity contribution in [2.24, 2.45) is 0 Å². The van der Waals surface area contributed by atoms with Crippen molar-refractivity contribution in [1.82, 2.24) is 9.47 Å². The quantitative estimate of drug-likeness (QED) is 0.745. The van der Waals surface area contributed by atoms with Gasteiger partial charge in [0.1, 0.15) is 5.56 Å². The molecule has 0 aromatic carbocycles. The molecule has 1 amide bonds. The highest BCUT2D eigenvalue weighted by atomic mass is 16.5. The van der Waals surface area contributed by atoms with E-state index in [0.717, 1.165) is 6.20 Å². The molecular weight excluding hydrogens is 280 g/mol. The van der Waals surface area contributed by atoms with Gasteiger partial charge in [-0.3, -0.25) is 9.59 Å². The number of aromatic carboxylic acids is 1. The Morgan fingerprint density at radius 3 is 2.81 bits per heavy atom. The van der Waals surface area contributed by atoms with Crippen molar-refractivity contribution in [1.29, 1.82) is 0 Å². The first-order valence-electron chi connectivity index (χ1n) is 6.56. The zero-order valence-electron chi connectivity index (χ0n) is 11.3. The number of pyridine rings is 1. The Bertz CT molecular complexity index is 695. The number of hydrogen-bond acceptors (Lipinski definition) is 5. The standard InChI is InChI=1S/C13H14N2O6/c1-6-2-3-15-8(21-6)5-14-4-7(13(19)20)10(16)11(17)9(14)12(15)18/h4,6,8,17H,2-3,5H2,1H3,(H,19,20)/t6-,8+/m0/s1. The largest absolute Gasteiger partial charge is 0.503 e. The van der Waals surface area contributed by atoms with Gasteiger partial charge in [-0.05, 0) is 13.3 Å². The number of carbonyl (C=O) groups excluding carboxylic acids is 1. The van der Waals surface area contributed by atoms with Gasteiger partial charge in [0.25, 0.3) is 5.91 Å². The van der Waals surface area contributed by atoms with E-state index >= 15 is 0 Å². The molecule has 1 fully saturated rings. The summed E-state index contributed by atoms with van der Waals surface area (Å²) in [5.74, 6) is -2.79. The number of hydrogen-bond donors (Lipinski definition) is 2. The third kappa shape index (κ3) is 1.99. The van der Waals surface area contributed by atoms with E-state index in [1.807, 2.05) is 6.92 Å². The van der Waals surface area contributed by atoms with Crippen LogP contribution in [0.2, 0.25) is 0 Å². The van der Waals surface area contributed by atoms with Crippen LogP contribution in [0, 0.1) is 0 Å². The van der Waals surface area contributed by atoms with Crippen molar-refractivity contribution in [3.63, 3.8) is 0 Å². The Hall–Kier alpha value is -2.35. The highest BCUT2D eigenvalue weighted by Crippen LogP contribution is 2.27. The van der Waals surface area contributed by atoms with Gasteiger partial charge in [-0.25, -0.2) is 4.79 Å². The molecule has 3 rings (SSSR count). The van der Waals surface area contributed by atoms with Crippen LogP contribution in [-0.2, 0) is 11.3 Å². The molecule has 0 saturated carbocycles. The third-order valence-corrected chi connectivity index (χ3v) is 3.82. The van der Waals surface area contributed by atoms with Gasteiger partial charge in [0.2, 0.25) is 5.43 Å². The minimum atomic E-state index is -1.45. The molecule has 0 spiro atoms. The molecule has 0 bridgehead atoms. The molecule has 0 radical (unpaired) electrons. The number of carbonyl (C=O) groups is 2. The molecule has 1 saturated heterocycles. The molecule has 21 heavy (non-hydrogen) atoms. The van der Waals surface area contributed by atoms with Gasteiger partial charge in [0, 0.05) is 12.7 Å². The van der Waals surface area contributed by atoms with Crippen LogP contribution in [0.1, 0.15) is 34.2 Å². The molecule has 1 aromatic rings. The van der Waals surface area contributed by atoms with Gasteiger partial charge >= 0.3 is 5.97 Å². The van der Waals surface area contributed by atoms with E-state index in [1.165, 1.54) is 9.47 Å². The summed E-state index contributed by atoms with van der Waals surface area (Å²) in [6, 6.07) is 0. The highest BCUT2D eigenvalue weighted by Gasteiger charge is 2.39. The Kier molecular flexibility index (Phi) is 2.98. The molecule has 0 aliphatic carbocycles. The smallest absolute Gasteiger partial charge is 0.341 e. The van der Waals surface area contributed by atoms with Crippen LogP contribution in [0.15, 0.2) is 11.0 Å². The fraction of sp³-hybridized carbons (Fsp3) is 0.462. The van der Waals surface area contributed by atoms with Gasteiger partial charge in [0.05, 0.1) is 12.6 Å². The predicted molar refractivity (Wildman–Crippen MR) is 69.3 cm³/mol. The molecule has 2 N–H and O–H groups in total. The van der Waals surface area contributed by atoms with E-state index in [-0.39, 0.29) is 18.3 Å². The van der Waals surface area contributed by atoms with Crippen molar-refractivity contribution < 1.29 is 24.5 Å². The fourth-order valence-corrected chi connectivity index (χ4v) is 2.72. The van der Waals surface area contributed by atoms with Crippen molar-refractivity contribution in [3.05, 3.63) is 27.7 Å². The minimum absolute atomic E-state index is 0.00692. The maximum Gasteiger partial charge on any atom is 0.341 e. The molecule has 1 aromatic heterocycles. The Balaban J connectivity index is 2.14. The van der Waals surface area contributed by atoms with E-state index in [0.29, 0.717) is 13.0 Å². The van der Waals surface area contributed by atoms with E-state index in [1.54, 1.807) is 0 Å². The van der Waals surface area contributed by atoms with Crippen LogP contribution in [0.4, 0.5) is 0 Å². The number of aromatic hydroxyl groups is 1. The lowest BCUT2D eigenvalue weighted by atomic mass is 10.1. The average molecular weight is 294 g/mol. The number of aromatic nitrogens is 1. The third-order valence-electron chi connectivity index (χ3n) is 3.82. The number of rotatable bonds is 1. The lowest BCUT2D eigenvalue weighted by Crippen LogP contribution is -2.54. The van der Waals surface area contributed by atoms with E-state index in [9.17, 15) is 19.5 Å².